The highest BCUT2D eigenvalue weighted by molar-refractivity contribution is 7.80. The minimum Gasteiger partial charge on any atom is -0.507 e. The van der Waals surface area contributed by atoms with E-state index in [0.717, 1.165) is 5.56 Å². The molecule has 0 aliphatic heterocycles. The van der Waals surface area contributed by atoms with Gasteiger partial charge in [0.05, 0.1) is 11.8 Å². The number of para-hydroxylation sites is 1. The third kappa shape index (κ3) is 4.52. The predicted molar refractivity (Wildman–Crippen MR) is 93.2 cm³/mol. The number of carboxylic acids is 1. The van der Waals surface area contributed by atoms with Gasteiger partial charge in [0.1, 0.15) is 5.75 Å². The fourth-order valence-electron chi connectivity index (χ4n) is 1.80. The molecule has 0 unspecified atom stereocenters. The van der Waals surface area contributed by atoms with Gasteiger partial charge in [0.15, 0.2) is 5.11 Å². The second-order valence-electron chi connectivity index (χ2n) is 4.72. The summed E-state index contributed by atoms with van der Waals surface area (Å²) in [5.41, 5.74) is 4.80. The van der Waals surface area contributed by atoms with Gasteiger partial charge in [0, 0.05) is 11.3 Å². The number of nitrogens with zero attached hydrogens (tertiary/aromatic N) is 1. The Bertz CT molecular complexity index is 758. The number of anilines is 1. The molecule has 0 aliphatic rings. The van der Waals surface area contributed by atoms with E-state index in [4.69, 9.17) is 17.3 Å². The fourth-order valence-corrected chi connectivity index (χ4v) is 1.97. The zero-order valence-corrected chi connectivity index (χ0v) is 13.1. The molecule has 118 valence electrons. The molecule has 0 bridgehead atoms. The number of nitrogens with one attached hydrogen (secondary N) is 2. The van der Waals surface area contributed by atoms with Crippen LogP contribution in [0.15, 0.2) is 47.6 Å². The summed E-state index contributed by atoms with van der Waals surface area (Å²) in [7, 11) is 0. The Balaban J connectivity index is 1.93. The zero-order chi connectivity index (χ0) is 16.8. The molecule has 4 N–H and O–H groups in total. The largest absolute Gasteiger partial charge is 0.507 e. The number of rotatable bonds is 4. The number of aromatic carboxylic acids is 1. The van der Waals surface area contributed by atoms with Crippen molar-refractivity contribution in [3.63, 3.8) is 0 Å². The molecule has 0 radical (unpaired) electrons. The van der Waals surface area contributed by atoms with Crippen LogP contribution in [0, 0.1) is 6.92 Å². The number of phenols is 1. The highest BCUT2D eigenvalue weighted by Crippen LogP contribution is 2.19. The van der Waals surface area contributed by atoms with Crippen LogP contribution < -0.4 is 10.7 Å². The maximum Gasteiger partial charge on any atom is 0.335 e. The summed E-state index contributed by atoms with van der Waals surface area (Å²) in [5, 5.41) is 25.7. The van der Waals surface area contributed by atoms with Crippen molar-refractivity contribution in [1.29, 1.82) is 0 Å². The van der Waals surface area contributed by atoms with Crippen molar-refractivity contribution in [2.24, 2.45) is 5.10 Å². The number of hydrogen-bond acceptors (Lipinski definition) is 4. The number of carbonyl (C=O) groups is 1. The average molecular weight is 329 g/mol. The number of thiocarbonyl (C=S) groups is 1. The van der Waals surface area contributed by atoms with Crippen LogP contribution in [0.4, 0.5) is 5.69 Å². The van der Waals surface area contributed by atoms with Crippen molar-refractivity contribution in [3.8, 4) is 5.75 Å². The van der Waals surface area contributed by atoms with Gasteiger partial charge >= 0.3 is 5.97 Å². The minimum atomic E-state index is -0.986. The van der Waals surface area contributed by atoms with Crippen LogP contribution in [-0.2, 0) is 0 Å². The van der Waals surface area contributed by atoms with Crippen molar-refractivity contribution in [2.75, 3.05) is 5.32 Å². The molecule has 0 amide bonds. The first-order valence-corrected chi connectivity index (χ1v) is 7.10. The maximum absolute atomic E-state index is 10.8. The van der Waals surface area contributed by atoms with Gasteiger partial charge < -0.3 is 15.5 Å². The van der Waals surface area contributed by atoms with Gasteiger partial charge in [-0.25, -0.2) is 4.79 Å². The quantitative estimate of drug-likeness (QED) is 0.391. The predicted octanol–water partition coefficient (Wildman–Crippen LogP) is 2.72. The first-order chi connectivity index (χ1) is 11.0. The molecule has 2 rings (SSSR count). The van der Waals surface area contributed by atoms with Gasteiger partial charge in [-0.1, -0.05) is 12.1 Å². The number of carboxylic acid groups (broad SMARTS) is 1. The van der Waals surface area contributed by atoms with Crippen molar-refractivity contribution >= 4 is 35.2 Å². The van der Waals surface area contributed by atoms with Crippen LogP contribution in [0.2, 0.25) is 0 Å². The molecule has 0 aromatic heterocycles. The Morgan fingerprint density at radius 1 is 1.22 bits per heavy atom. The minimum absolute atomic E-state index is 0.168. The number of hydrogen-bond donors (Lipinski definition) is 4. The van der Waals surface area contributed by atoms with E-state index < -0.39 is 5.97 Å². The van der Waals surface area contributed by atoms with E-state index in [1.165, 1.54) is 18.3 Å². The van der Waals surface area contributed by atoms with Crippen molar-refractivity contribution in [1.82, 2.24) is 5.43 Å². The molecular weight excluding hydrogens is 314 g/mol. The molecule has 7 heteroatoms. The van der Waals surface area contributed by atoms with Gasteiger partial charge in [-0.15, -0.1) is 0 Å². The Labute approximate surface area is 138 Å². The topological polar surface area (TPSA) is 94.0 Å². The lowest BCUT2D eigenvalue weighted by Gasteiger charge is -2.07. The van der Waals surface area contributed by atoms with E-state index in [0.29, 0.717) is 11.3 Å². The first-order valence-electron chi connectivity index (χ1n) is 6.69. The van der Waals surface area contributed by atoms with E-state index in [1.54, 1.807) is 31.2 Å². The summed E-state index contributed by atoms with van der Waals surface area (Å²) >= 11 is 5.08. The zero-order valence-electron chi connectivity index (χ0n) is 12.3. The number of hydrazone groups is 1. The van der Waals surface area contributed by atoms with Gasteiger partial charge in [-0.05, 0) is 55.0 Å². The summed E-state index contributed by atoms with van der Waals surface area (Å²) in [6, 6.07) is 11.5. The molecule has 6 nitrogen and oxygen atoms in total. The normalized spacial score (nSPS) is 10.5. The van der Waals surface area contributed by atoms with Crippen molar-refractivity contribution in [3.05, 3.63) is 59.2 Å². The van der Waals surface area contributed by atoms with Crippen LogP contribution in [0.5, 0.6) is 5.75 Å². The molecule has 0 atom stereocenters. The number of aryl methyl sites for hydroxylation is 1. The molecule has 2 aromatic rings. The van der Waals surface area contributed by atoms with Crippen LogP contribution >= 0.6 is 12.2 Å². The molecule has 0 spiro atoms. The lowest BCUT2D eigenvalue weighted by molar-refractivity contribution is 0.0697. The summed E-state index contributed by atoms with van der Waals surface area (Å²) in [6.07, 6.45) is 1.46. The molecule has 0 saturated carbocycles. The number of benzene rings is 2. The van der Waals surface area contributed by atoms with Gasteiger partial charge in [-0.3, -0.25) is 5.43 Å². The number of phenolic OH excluding ortho intramolecular Hbond substituents is 1. The van der Waals surface area contributed by atoms with Gasteiger partial charge in [0.2, 0.25) is 0 Å². The Morgan fingerprint density at radius 2 is 1.91 bits per heavy atom. The Kier molecular flexibility index (Phi) is 5.27. The molecule has 0 fully saturated rings. The number of aromatic hydroxyl groups is 1. The maximum atomic E-state index is 10.8. The SMILES string of the molecule is Cc1cccc(C=NNC(=S)Nc2ccc(C(=O)O)cc2)c1O. The molecular formula is C16H15N3O3S. The Morgan fingerprint density at radius 3 is 2.57 bits per heavy atom. The average Bonchev–Trinajstić information content (AvgIpc) is 2.52. The second kappa shape index (κ2) is 7.37. The van der Waals surface area contributed by atoms with E-state index in [9.17, 15) is 9.90 Å². The monoisotopic (exact) mass is 329 g/mol. The summed E-state index contributed by atoms with van der Waals surface area (Å²) in [6.45, 7) is 1.80. The lowest BCUT2D eigenvalue weighted by atomic mass is 10.1. The van der Waals surface area contributed by atoms with Crippen LogP contribution in [0.25, 0.3) is 0 Å². The van der Waals surface area contributed by atoms with E-state index in [1.807, 2.05) is 6.07 Å². The van der Waals surface area contributed by atoms with Crippen LogP contribution in [0.1, 0.15) is 21.5 Å². The van der Waals surface area contributed by atoms with Gasteiger partial charge in [0.25, 0.3) is 0 Å². The van der Waals surface area contributed by atoms with Crippen molar-refractivity contribution < 1.29 is 15.0 Å². The molecule has 0 saturated heterocycles. The smallest absolute Gasteiger partial charge is 0.335 e. The molecule has 0 aliphatic carbocycles. The molecule has 23 heavy (non-hydrogen) atoms. The van der Waals surface area contributed by atoms with Gasteiger partial charge in [-0.2, -0.15) is 5.10 Å². The molecule has 0 heterocycles. The highest BCUT2D eigenvalue weighted by Gasteiger charge is 2.03. The standard InChI is InChI=1S/C16H15N3O3S/c1-10-3-2-4-12(14(10)20)9-17-19-16(23)18-13-7-5-11(6-8-13)15(21)22/h2-9,20H,1H3,(H,21,22)(H2,18,19,23). The Hall–Kier alpha value is -2.93. The third-order valence-electron chi connectivity index (χ3n) is 3.03. The molecule has 2 aromatic carbocycles. The summed E-state index contributed by atoms with van der Waals surface area (Å²) in [5.74, 6) is -0.819. The summed E-state index contributed by atoms with van der Waals surface area (Å²) in [4.78, 5) is 10.8. The van der Waals surface area contributed by atoms with Crippen LogP contribution in [-0.4, -0.2) is 27.5 Å². The van der Waals surface area contributed by atoms with Crippen molar-refractivity contribution in [2.45, 2.75) is 6.92 Å². The fraction of sp³-hybridized carbons (Fsp3) is 0.0625. The lowest BCUT2D eigenvalue weighted by Crippen LogP contribution is -2.23. The van der Waals surface area contributed by atoms with E-state index >= 15 is 0 Å². The van der Waals surface area contributed by atoms with E-state index in [-0.39, 0.29) is 16.4 Å². The third-order valence-corrected chi connectivity index (χ3v) is 3.22. The second-order valence-corrected chi connectivity index (χ2v) is 5.13. The summed E-state index contributed by atoms with van der Waals surface area (Å²) < 4.78 is 0. The first kappa shape index (κ1) is 16.4. The van der Waals surface area contributed by atoms with E-state index in [2.05, 4.69) is 15.8 Å². The van der Waals surface area contributed by atoms with Crippen LogP contribution in [0.3, 0.4) is 0 Å². The highest BCUT2D eigenvalue weighted by atomic mass is 32.1.